The number of fused-ring (bicyclic) bond motifs is 5. The summed E-state index contributed by atoms with van der Waals surface area (Å²) in [5, 5.41) is 24.5. The van der Waals surface area contributed by atoms with Crippen molar-refractivity contribution in [2.45, 2.75) is 109 Å². The van der Waals surface area contributed by atoms with Crippen molar-refractivity contribution in [2.75, 3.05) is 6.61 Å². The van der Waals surface area contributed by atoms with E-state index in [0.717, 1.165) is 37.0 Å². The standard InChI is InChI=1S/C34H46O7/c1-18-6-26-32(38,29(18)37)15-24(17-40-20(3)35)10-25-28-30(4,5)33(28,11-19(2)34(25,26)39)41-27(36)16-31-12-21-7-22(13-31)9-23(8-21)14-31/h6,10,19,21-23,25-26,28,38-39H,7-9,11-17H2,1-5H3/t19-,21?,22?,23?,25+,26-,28-,31?,32-,33+,34-/m1/s1. The average molecular weight is 567 g/mol. The maximum absolute atomic E-state index is 13.8. The van der Waals surface area contributed by atoms with Crippen LogP contribution in [0.5, 0.6) is 0 Å². The van der Waals surface area contributed by atoms with E-state index in [-0.39, 0.29) is 42.0 Å². The Morgan fingerprint density at radius 2 is 1.61 bits per heavy atom. The van der Waals surface area contributed by atoms with Crippen LogP contribution in [0.4, 0.5) is 0 Å². The number of carbonyl (C=O) groups excluding carboxylic acids is 3. The van der Waals surface area contributed by atoms with Crippen LogP contribution in [-0.4, -0.2) is 51.3 Å². The quantitative estimate of drug-likeness (QED) is 0.367. The average Bonchev–Trinajstić information content (AvgIpc) is 3.25. The van der Waals surface area contributed by atoms with Crippen LogP contribution in [0.15, 0.2) is 23.3 Å². The summed E-state index contributed by atoms with van der Waals surface area (Å²) in [5.41, 5.74) is -3.21. The molecule has 0 aromatic heterocycles. The fourth-order valence-electron chi connectivity index (χ4n) is 11.8. The van der Waals surface area contributed by atoms with Gasteiger partial charge in [-0.2, -0.15) is 0 Å². The van der Waals surface area contributed by atoms with Crippen LogP contribution in [0.25, 0.3) is 0 Å². The molecule has 0 spiro atoms. The molecular formula is C34H46O7. The van der Waals surface area contributed by atoms with Gasteiger partial charge >= 0.3 is 11.9 Å². The summed E-state index contributed by atoms with van der Waals surface area (Å²) in [6, 6.07) is 0. The van der Waals surface area contributed by atoms with E-state index in [0.29, 0.717) is 24.0 Å². The molecule has 0 aromatic rings. The monoisotopic (exact) mass is 566 g/mol. The summed E-state index contributed by atoms with van der Waals surface area (Å²) in [6.07, 6.45) is 12.1. The zero-order valence-electron chi connectivity index (χ0n) is 25.2. The SMILES string of the molecule is CC(=O)OCC1=C[C@H]2[C@@H]3C(C)(C)[C@]3(OC(=O)CC34CC5CC(CC(C5)C3)C4)C[C@@H](C)[C@]2(O)[C@@H]2C=C(C)C(=O)[C@@]2(O)C1. The molecule has 6 saturated carbocycles. The summed E-state index contributed by atoms with van der Waals surface area (Å²) in [7, 11) is 0. The van der Waals surface area contributed by atoms with Gasteiger partial charge in [0.15, 0.2) is 5.78 Å². The number of hydrogen-bond acceptors (Lipinski definition) is 7. The molecule has 0 heterocycles. The highest BCUT2D eigenvalue weighted by atomic mass is 16.6. The number of rotatable bonds is 5. The Labute approximate surface area is 243 Å². The third-order valence-electron chi connectivity index (χ3n) is 13.1. The van der Waals surface area contributed by atoms with Crippen molar-refractivity contribution < 1.29 is 34.1 Å². The lowest BCUT2D eigenvalue weighted by molar-refractivity contribution is -0.189. The molecule has 41 heavy (non-hydrogen) atoms. The van der Waals surface area contributed by atoms with Crippen molar-refractivity contribution in [3.05, 3.63) is 23.3 Å². The first-order valence-electron chi connectivity index (χ1n) is 15.9. The molecule has 4 bridgehead atoms. The first kappa shape index (κ1) is 27.8. The van der Waals surface area contributed by atoms with E-state index < -0.39 is 40.0 Å². The minimum Gasteiger partial charge on any atom is -0.461 e. The van der Waals surface area contributed by atoms with Gasteiger partial charge in [-0.1, -0.05) is 32.9 Å². The molecule has 224 valence electrons. The van der Waals surface area contributed by atoms with Gasteiger partial charge in [0.25, 0.3) is 0 Å². The Morgan fingerprint density at radius 3 is 2.20 bits per heavy atom. The maximum Gasteiger partial charge on any atom is 0.306 e. The second kappa shape index (κ2) is 8.56. The molecule has 0 amide bonds. The first-order valence-corrected chi connectivity index (χ1v) is 15.9. The summed E-state index contributed by atoms with van der Waals surface area (Å²) in [5.74, 6) is -0.469. The lowest BCUT2D eigenvalue weighted by Crippen LogP contribution is -2.61. The highest BCUT2D eigenvalue weighted by Gasteiger charge is 2.83. The molecule has 6 fully saturated rings. The Bertz CT molecular complexity index is 1240. The maximum atomic E-state index is 13.8. The van der Waals surface area contributed by atoms with Crippen LogP contribution in [0.2, 0.25) is 0 Å². The minimum absolute atomic E-state index is 0.00485. The number of carbonyl (C=O) groups is 3. The van der Waals surface area contributed by atoms with Crippen molar-refractivity contribution in [3.63, 3.8) is 0 Å². The lowest BCUT2D eigenvalue weighted by atomic mass is 9.49. The minimum atomic E-state index is -1.80. The summed E-state index contributed by atoms with van der Waals surface area (Å²) in [4.78, 5) is 38.9. The number of aliphatic hydroxyl groups is 2. The molecule has 7 nitrogen and oxygen atoms in total. The van der Waals surface area contributed by atoms with Gasteiger partial charge in [-0.25, -0.2) is 0 Å². The smallest absolute Gasteiger partial charge is 0.306 e. The summed E-state index contributed by atoms with van der Waals surface area (Å²) in [6.45, 7) is 9.16. The van der Waals surface area contributed by atoms with Crippen molar-refractivity contribution in [1.29, 1.82) is 0 Å². The third kappa shape index (κ3) is 3.73. The number of ketones is 1. The van der Waals surface area contributed by atoms with E-state index in [1.165, 1.54) is 26.2 Å². The van der Waals surface area contributed by atoms with Crippen molar-refractivity contribution in [1.82, 2.24) is 0 Å². The molecule has 7 atom stereocenters. The van der Waals surface area contributed by atoms with Gasteiger partial charge in [0.05, 0.1) is 12.0 Å². The van der Waals surface area contributed by atoms with Crippen molar-refractivity contribution in [2.24, 2.45) is 52.3 Å². The lowest BCUT2D eigenvalue weighted by Gasteiger charge is -2.56. The molecule has 0 aliphatic heterocycles. The predicted octanol–water partition coefficient (Wildman–Crippen LogP) is 4.69. The highest BCUT2D eigenvalue weighted by Crippen LogP contribution is 2.77. The Balaban J connectivity index is 1.21. The third-order valence-corrected chi connectivity index (χ3v) is 13.1. The number of esters is 2. The van der Waals surface area contributed by atoms with Crippen molar-refractivity contribution in [3.8, 4) is 0 Å². The van der Waals surface area contributed by atoms with Crippen LogP contribution < -0.4 is 0 Å². The molecule has 2 N–H and O–H groups in total. The van der Waals surface area contributed by atoms with Gasteiger partial charge in [0, 0.05) is 36.5 Å². The van der Waals surface area contributed by atoms with Gasteiger partial charge in [0.1, 0.15) is 17.8 Å². The number of Topliss-reactive ketones (excluding diaryl/α,β-unsaturated/α-hetero) is 1. The molecule has 0 saturated heterocycles. The Morgan fingerprint density at radius 1 is 1.00 bits per heavy atom. The van der Waals surface area contributed by atoms with Crippen LogP contribution >= 0.6 is 0 Å². The highest BCUT2D eigenvalue weighted by molar-refractivity contribution is 6.04. The fraction of sp³-hybridized carbons (Fsp3) is 0.794. The molecule has 0 aromatic carbocycles. The van der Waals surface area contributed by atoms with Gasteiger partial charge in [-0.15, -0.1) is 0 Å². The number of hydrogen-bond donors (Lipinski definition) is 2. The van der Waals surface area contributed by atoms with Crippen molar-refractivity contribution >= 4 is 17.7 Å². The number of ether oxygens (including phenoxy) is 2. The summed E-state index contributed by atoms with van der Waals surface area (Å²) < 4.78 is 12.0. The zero-order chi connectivity index (χ0) is 29.3. The molecule has 8 rings (SSSR count). The molecule has 0 unspecified atom stereocenters. The van der Waals surface area contributed by atoms with E-state index in [1.54, 1.807) is 13.0 Å². The second-order valence-corrected chi connectivity index (χ2v) is 16.0. The molecule has 0 radical (unpaired) electrons. The van der Waals surface area contributed by atoms with Gasteiger partial charge in [-0.3, -0.25) is 14.4 Å². The van der Waals surface area contributed by atoms with Gasteiger partial charge in [0.2, 0.25) is 0 Å². The van der Waals surface area contributed by atoms with Crippen LogP contribution in [0.1, 0.15) is 92.4 Å². The first-order chi connectivity index (χ1) is 19.1. The second-order valence-electron chi connectivity index (χ2n) is 16.0. The van der Waals surface area contributed by atoms with Crippen LogP contribution in [0.3, 0.4) is 0 Å². The van der Waals surface area contributed by atoms with E-state index >= 15 is 0 Å². The van der Waals surface area contributed by atoms with Gasteiger partial charge < -0.3 is 19.7 Å². The van der Waals surface area contributed by atoms with E-state index in [9.17, 15) is 24.6 Å². The topological polar surface area (TPSA) is 110 Å². The predicted molar refractivity (Wildman–Crippen MR) is 150 cm³/mol. The molecule has 7 heteroatoms. The zero-order valence-corrected chi connectivity index (χ0v) is 25.2. The molecule has 8 aliphatic rings. The van der Waals surface area contributed by atoms with Gasteiger partial charge in [-0.05, 0) is 92.1 Å². The normalized spacial score (nSPS) is 50.1. The molecular weight excluding hydrogens is 520 g/mol. The molecule has 8 aliphatic carbocycles. The summed E-state index contributed by atoms with van der Waals surface area (Å²) >= 11 is 0. The van der Waals surface area contributed by atoms with E-state index in [1.807, 2.05) is 13.0 Å². The van der Waals surface area contributed by atoms with E-state index in [4.69, 9.17) is 9.47 Å². The van der Waals surface area contributed by atoms with Crippen LogP contribution in [0, 0.1) is 52.3 Å². The van der Waals surface area contributed by atoms with E-state index in [2.05, 4.69) is 13.8 Å². The van der Waals surface area contributed by atoms with Crippen LogP contribution in [-0.2, 0) is 23.9 Å². The Hall–Kier alpha value is -1.99. The fourth-order valence-corrected chi connectivity index (χ4v) is 11.8. The largest absolute Gasteiger partial charge is 0.461 e. The Kier molecular flexibility index (Phi) is 5.81.